The highest BCUT2D eigenvalue weighted by molar-refractivity contribution is 9.10. The first-order valence-electron chi connectivity index (χ1n) is 5.90. The normalized spacial score (nSPS) is 10.5. The van der Waals surface area contributed by atoms with E-state index in [1.165, 1.54) is 0 Å². The maximum absolute atomic E-state index is 5.85. The van der Waals surface area contributed by atoms with Crippen LogP contribution in [0.4, 0.5) is 0 Å². The van der Waals surface area contributed by atoms with Crippen LogP contribution >= 0.6 is 31.9 Å². The molecule has 0 fully saturated rings. The molecule has 1 aromatic heterocycles. The van der Waals surface area contributed by atoms with Crippen molar-refractivity contribution in [2.45, 2.75) is 13.0 Å². The maximum Gasteiger partial charge on any atom is 0.123 e. The predicted octanol–water partition coefficient (Wildman–Crippen LogP) is 3.69. The van der Waals surface area contributed by atoms with Crippen LogP contribution in [0.25, 0.3) is 0 Å². The van der Waals surface area contributed by atoms with Gasteiger partial charge in [-0.05, 0) is 58.7 Å². The van der Waals surface area contributed by atoms with Crippen molar-refractivity contribution in [3.05, 3.63) is 56.7 Å². The Hall–Kier alpha value is -0.910. The molecule has 0 aliphatic heterocycles. The van der Waals surface area contributed by atoms with E-state index in [1.54, 1.807) is 12.4 Å². The van der Waals surface area contributed by atoms with E-state index in [0.29, 0.717) is 13.2 Å². The van der Waals surface area contributed by atoms with Crippen LogP contribution in [0.3, 0.4) is 0 Å². The number of pyridine rings is 1. The van der Waals surface area contributed by atoms with Gasteiger partial charge >= 0.3 is 0 Å². The van der Waals surface area contributed by atoms with Crippen molar-refractivity contribution in [3.8, 4) is 5.75 Å². The Labute approximate surface area is 129 Å². The molecule has 100 valence electrons. The van der Waals surface area contributed by atoms with Crippen molar-refractivity contribution >= 4 is 31.9 Å². The molecular weight excluding hydrogens is 372 g/mol. The zero-order chi connectivity index (χ0) is 13.7. The van der Waals surface area contributed by atoms with Gasteiger partial charge in [-0.3, -0.25) is 4.98 Å². The van der Waals surface area contributed by atoms with Gasteiger partial charge < -0.3 is 10.5 Å². The molecule has 1 aromatic carbocycles. The zero-order valence-corrected chi connectivity index (χ0v) is 13.4. The Bertz CT molecular complexity index is 561. The standard InChI is InChI=1S/C14H14Br2N2O/c15-12-1-2-14(11(6-12)3-4-17)19-9-10-5-13(16)8-18-7-10/h1-2,5-8H,3-4,9,17H2. The molecule has 0 spiro atoms. The van der Waals surface area contributed by atoms with Crippen LogP contribution < -0.4 is 10.5 Å². The van der Waals surface area contributed by atoms with Gasteiger partial charge in [0, 0.05) is 26.9 Å². The second-order valence-corrected chi connectivity index (χ2v) is 5.92. The van der Waals surface area contributed by atoms with Crippen LogP contribution in [0.2, 0.25) is 0 Å². The fourth-order valence-corrected chi connectivity index (χ4v) is 2.56. The van der Waals surface area contributed by atoms with Crippen molar-refractivity contribution in [3.63, 3.8) is 0 Å². The number of aromatic nitrogens is 1. The molecule has 2 aromatic rings. The molecular formula is C14H14Br2N2O. The molecule has 1 heterocycles. The summed E-state index contributed by atoms with van der Waals surface area (Å²) in [5.74, 6) is 0.869. The van der Waals surface area contributed by atoms with E-state index in [0.717, 1.165) is 32.2 Å². The lowest BCUT2D eigenvalue weighted by atomic mass is 10.1. The quantitative estimate of drug-likeness (QED) is 0.853. The summed E-state index contributed by atoms with van der Waals surface area (Å²) in [6.07, 6.45) is 4.35. The van der Waals surface area contributed by atoms with Gasteiger partial charge in [-0.25, -0.2) is 0 Å². The molecule has 5 heteroatoms. The summed E-state index contributed by atoms with van der Waals surface area (Å²) in [6.45, 7) is 1.09. The van der Waals surface area contributed by atoms with Gasteiger partial charge in [-0.15, -0.1) is 0 Å². The number of nitrogens with two attached hydrogens (primary N) is 1. The third-order valence-electron chi connectivity index (χ3n) is 2.59. The van der Waals surface area contributed by atoms with Crippen LogP contribution in [-0.2, 0) is 13.0 Å². The molecule has 0 aliphatic carbocycles. The van der Waals surface area contributed by atoms with Crippen LogP contribution in [0.5, 0.6) is 5.75 Å². The molecule has 3 nitrogen and oxygen atoms in total. The van der Waals surface area contributed by atoms with E-state index >= 15 is 0 Å². The summed E-state index contributed by atoms with van der Waals surface area (Å²) < 4.78 is 7.83. The van der Waals surface area contributed by atoms with E-state index in [4.69, 9.17) is 10.5 Å². The van der Waals surface area contributed by atoms with Crippen molar-refractivity contribution in [2.24, 2.45) is 5.73 Å². The Morgan fingerprint density at radius 3 is 2.68 bits per heavy atom. The Balaban J connectivity index is 2.10. The van der Waals surface area contributed by atoms with Crippen LogP contribution in [0.15, 0.2) is 45.6 Å². The maximum atomic E-state index is 5.85. The molecule has 0 saturated heterocycles. The second-order valence-electron chi connectivity index (χ2n) is 4.09. The molecule has 0 aliphatic rings. The highest BCUT2D eigenvalue weighted by Crippen LogP contribution is 2.24. The number of nitrogens with zero attached hydrogens (tertiary/aromatic N) is 1. The largest absolute Gasteiger partial charge is 0.489 e. The third kappa shape index (κ3) is 4.30. The summed E-state index contributed by atoms with van der Waals surface area (Å²) in [6, 6.07) is 7.96. The number of hydrogen-bond donors (Lipinski definition) is 1. The molecule has 0 radical (unpaired) electrons. The SMILES string of the molecule is NCCc1cc(Br)ccc1OCc1cncc(Br)c1. The Morgan fingerprint density at radius 1 is 1.11 bits per heavy atom. The van der Waals surface area contributed by atoms with Gasteiger partial charge in [0.25, 0.3) is 0 Å². The van der Waals surface area contributed by atoms with Crippen LogP contribution in [-0.4, -0.2) is 11.5 Å². The van der Waals surface area contributed by atoms with E-state index < -0.39 is 0 Å². The minimum absolute atomic E-state index is 0.492. The molecule has 19 heavy (non-hydrogen) atoms. The lowest BCUT2D eigenvalue weighted by Gasteiger charge is -2.11. The highest BCUT2D eigenvalue weighted by Gasteiger charge is 2.05. The molecule has 0 saturated carbocycles. The number of rotatable bonds is 5. The van der Waals surface area contributed by atoms with E-state index in [2.05, 4.69) is 36.8 Å². The Morgan fingerprint density at radius 2 is 1.95 bits per heavy atom. The summed E-state index contributed by atoms with van der Waals surface area (Å²) in [5.41, 5.74) is 7.75. The summed E-state index contributed by atoms with van der Waals surface area (Å²) >= 11 is 6.86. The predicted molar refractivity (Wildman–Crippen MR) is 83.2 cm³/mol. The minimum atomic E-state index is 0.492. The molecule has 0 amide bonds. The first-order valence-corrected chi connectivity index (χ1v) is 7.48. The summed E-state index contributed by atoms with van der Waals surface area (Å²) in [7, 11) is 0. The highest BCUT2D eigenvalue weighted by atomic mass is 79.9. The Kier molecular flexibility index (Phi) is 5.36. The van der Waals surface area contributed by atoms with Gasteiger partial charge in [0.15, 0.2) is 0 Å². The molecule has 0 bridgehead atoms. The van der Waals surface area contributed by atoms with Crippen molar-refractivity contribution in [1.29, 1.82) is 0 Å². The van der Waals surface area contributed by atoms with E-state index in [1.807, 2.05) is 24.3 Å². The molecule has 2 N–H and O–H groups in total. The molecule has 0 atom stereocenters. The number of hydrogen-bond acceptors (Lipinski definition) is 3. The first kappa shape index (κ1) is 14.5. The van der Waals surface area contributed by atoms with Crippen molar-refractivity contribution in [1.82, 2.24) is 4.98 Å². The lowest BCUT2D eigenvalue weighted by molar-refractivity contribution is 0.302. The lowest BCUT2D eigenvalue weighted by Crippen LogP contribution is -2.05. The van der Waals surface area contributed by atoms with Gasteiger partial charge in [0.2, 0.25) is 0 Å². The summed E-state index contributed by atoms with van der Waals surface area (Å²) in [4.78, 5) is 4.11. The van der Waals surface area contributed by atoms with Crippen LogP contribution in [0, 0.1) is 0 Å². The monoisotopic (exact) mass is 384 g/mol. The van der Waals surface area contributed by atoms with E-state index in [9.17, 15) is 0 Å². The smallest absolute Gasteiger partial charge is 0.123 e. The topological polar surface area (TPSA) is 48.1 Å². The summed E-state index contributed by atoms with van der Waals surface area (Å²) in [5, 5.41) is 0. The molecule has 2 rings (SSSR count). The van der Waals surface area contributed by atoms with Gasteiger partial charge in [-0.1, -0.05) is 15.9 Å². The number of halogens is 2. The van der Waals surface area contributed by atoms with Gasteiger partial charge in [-0.2, -0.15) is 0 Å². The minimum Gasteiger partial charge on any atom is -0.489 e. The van der Waals surface area contributed by atoms with Crippen molar-refractivity contribution < 1.29 is 4.74 Å². The van der Waals surface area contributed by atoms with Crippen LogP contribution in [0.1, 0.15) is 11.1 Å². The average molecular weight is 386 g/mol. The zero-order valence-electron chi connectivity index (χ0n) is 10.3. The van der Waals surface area contributed by atoms with E-state index in [-0.39, 0.29) is 0 Å². The fraction of sp³-hybridized carbons (Fsp3) is 0.214. The van der Waals surface area contributed by atoms with Gasteiger partial charge in [0.1, 0.15) is 12.4 Å². The third-order valence-corrected chi connectivity index (χ3v) is 3.52. The fourth-order valence-electron chi connectivity index (χ4n) is 1.74. The average Bonchev–Trinajstić information content (AvgIpc) is 2.38. The van der Waals surface area contributed by atoms with Gasteiger partial charge in [0.05, 0.1) is 0 Å². The molecule has 0 unspecified atom stereocenters. The first-order chi connectivity index (χ1) is 9.19. The second kappa shape index (κ2) is 7.03. The number of ether oxygens (including phenoxy) is 1. The number of benzene rings is 1. The van der Waals surface area contributed by atoms with Crippen molar-refractivity contribution in [2.75, 3.05) is 6.54 Å².